The number of methoxy groups -OCH3 is 1. The highest BCUT2D eigenvalue weighted by Crippen LogP contribution is 2.50. The third-order valence-electron chi connectivity index (χ3n) is 1.49. The van der Waals surface area contributed by atoms with Crippen LogP contribution in [0.25, 0.3) is 0 Å². The quantitative estimate of drug-likeness (QED) is 0.706. The van der Waals surface area contributed by atoms with Crippen molar-refractivity contribution in [1.29, 1.82) is 0 Å². The van der Waals surface area contributed by atoms with Gasteiger partial charge in [-0.2, -0.15) is 39.5 Å². The molecule has 0 heterocycles. The molecule has 1 unspecified atom stereocenters. The molecule has 1 nitrogen and oxygen atoms in total. The van der Waals surface area contributed by atoms with Gasteiger partial charge in [-0.25, -0.2) is 0 Å². The minimum absolute atomic E-state index is 0.109. The Morgan fingerprint density at radius 1 is 0.875 bits per heavy atom. The van der Waals surface area contributed by atoms with Crippen molar-refractivity contribution in [1.82, 2.24) is 0 Å². The van der Waals surface area contributed by atoms with Crippen molar-refractivity contribution >= 4 is 0 Å². The summed E-state index contributed by atoms with van der Waals surface area (Å²) in [5.74, 6) is -15.7. The molecule has 0 aromatic heterocycles. The lowest BCUT2D eigenvalue weighted by molar-refractivity contribution is -0.371. The molecule has 0 radical (unpaired) electrons. The predicted molar refractivity (Wildman–Crippen MR) is 32.2 cm³/mol. The van der Waals surface area contributed by atoms with Crippen LogP contribution in [0.1, 0.15) is 0 Å². The molecule has 1 atom stereocenters. The van der Waals surface area contributed by atoms with Crippen LogP contribution in [0.3, 0.4) is 0 Å². The summed E-state index contributed by atoms with van der Waals surface area (Å²) in [4.78, 5) is 0. The standard InChI is InChI=1S/C6H3F9O/c1-16-4(10,2(7)3(8)9)5(11,12)6(13,14)15/h1H3. The minimum Gasteiger partial charge on any atom is -0.339 e. The fourth-order valence-electron chi connectivity index (χ4n) is 0.659. The SMILES string of the molecule is COC(F)(C(F)=C(F)F)C(F)(F)C(F)(F)F. The third kappa shape index (κ3) is 2.11. The number of alkyl halides is 6. The average molecular weight is 262 g/mol. The first-order valence-corrected chi connectivity index (χ1v) is 3.31. The maximum atomic E-state index is 12.8. The number of ether oxygens (including phenoxy) is 1. The number of rotatable bonds is 3. The molecule has 96 valence electrons. The number of halogens is 9. The lowest BCUT2D eigenvalue weighted by atomic mass is 10.1. The maximum absolute atomic E-state index is 12.8. The second kappa shape index (κ2) is 4.15. The van der Waals surface area contributed by atoms with Gasteiger partial charge in [0.15, 0.2) is 0 Å². The topological polar surface area (TPSA) is 9.23 Å². The van der Waals surface area contributed by atoms with Gasteiger partial charge in [0.05, 0.1) is 0 Å². The third-order valence-corrected chi connectivity index (χ3v) is 1.49. The molecule has 0 aliphatic rings. The van der Waals surface area contributed by atoms with Gasteiger partial charge in [0.1, 0.15) is 0 Å². The second-order valence-corrected chi connectivity index (χ2v) is 2.45. The van der Waals surface area contributed by atoms with Gasteiger partial charge in [-0.05, 0) is 0 Å². The van der Waals surface area contributed by atoms with Gasteiger partial charge < -0.3 is 4.74 Å². The van der Waals surface area contributed by atoms with Crippen LogP contribution in [0.2, 0.25) is 0 Å². The van der Waals surface area contributed by atoms with Crippen molar-refractivity contribution in [2.75, 3.05) is 7.11 Å². The molecule has 0 bridgehead atoms. The Morgan fingerprint density at radius 2 is 1.25 bits per heavy atom. The predicted octanol–water partition coefficient (Wildman–Crippen LogP) is 3.57. The summed E-state index contributed by atoms with van der Waals surface area (Å²) in [5, 5.41) is 0. The molecule has 0 N–H and O–H groups in total. The van der Waals surface area contributed by atoms with Crippen molar-refractivity contribution in [3.8, 4) is 0 Å². The zero-order valence-electron chi connectivity index (χ0n) is 7.31. The summed E-state index contributed by atoms with van der Waals surface area (Å²) in [6.45, 7) is 0. The van der Waals surface area contributed by atoms with Gasteiger partial charge in [0.2, 0.25) is 5.83 Å². The monoisotopic (exact) mass is 262 g/mol. The van der Waals surface area contributed by atoms with E-state index in [1.54, 1.807) is 0 Å². The van der Waals surface area contributed by atoms with Crippen LogP contribution in [0, 0.1) is 0 Å². The molecule has 0 aliphatic heterocycles. The zero-order valence-corrected chi connectivity index (χ0v) is 7.31. The Morgan fingerprint density at radius 3 is 1.44 bits per heavy atom. The van der Waals surface area contributed by atoms with Crippen LogP contribution in [-0.2, 0) is 4.74 Å². The highest BCUT2D eigenvalue weighted by atomic mass is 19.4. The van der Waals surface area contributed by atoms with E-state index in [1.165, 1.54) is 0 Å². The van der Waals surface area contributed by atoms with Gasteiger partial charge in [0, 0.05) is 7.11 Å². The molecule has 0 aromatic rings. The Bertz CT molecular complexity index is 289. The minimum atomic E-state index is -6.59. The smallest absolute Gasteiger partial charge is 0.339 e. The molecule has 0 aromatic carbocycles. The Kier molecular flexibility index (Phi) is 3.91. The van der Waals surface area contributed by atoms with Crippen LogP contribution in [0.5, 0.6) is 0 Å². The van der Waals surface area contributed by atoms with E-state index in [0.29, 0.717) is 0 Å². The van der Waals surface area contributed by atoms with E-state index in [4.69, 9.17) is 0 Å². The van der Waals surface area contributed by atoms with Gasteiger partial charge in [-0.15, -0.1) is 0 Å². The van der Waals surface area contributed by atoms with E-state index in [9.17, 15) is 39.5 Å². The van der Waals surface area contributed by atoms with Crippen molar-refractivity contribution in [2.45, 2.75) is 18.0 Å². The fourth-order valence-corrected chi connectivity index (χ4v) is 0.659. The van der Waals surface area contributed by atoms with E-state index in [1.807, 2.05) is 0 Å². The first kappa shape index (κ1) is 15.1. The van der Waals surface area contributed by atoms with Crippen LogP contribution in [0.4, 0.5) is 39.5 Å². The molecular weight excluding hydrogens is 259 g/mol. The molecule has 0 amide bonds. The largest absolute Gasteiger partial charge is 0.460 e. The maximum Gasteiger partial charge on any atom is 0.460 e. The fraction of sp³-hybridized carbons (Fsp3) is 0.667. The van der Waals surface area contributed by atoms with Crippen molar-refractivity contribution < 1.29 is 44.3 Å². The number of hydrogen-bond acceptors (Lipinski definition) is 1. The number of hydrogen-bond donors (Lipinski definition) is 0. The van der Waals surface area contributed by atoms with Gasteiger partial charge >= 0.3 is 24.0 Å². The van der Waals surface area contributed by atoms with Crippen LogP contribution >= 0.6 is 0 Å². The lowest BCUT2D eigenvalue weighted by Gasteiger charge is -2.31. The van der Waals surface area contributed by atoms with Crippen LogP contribution in [-0.4, -0.2) is 25.1 Å². The van der Waals surface area contributed by atoms with E-state index in [-0.39, 0.29) is 7.11 Å². The van der Waals surface area contributed by atoms with E-state index in [0.717, 1.165) is 0 Å². The molecule has 0 saturated heterocycles. The Balaban J connectivity index is 5.70. The molecule has 0 fully saturated rings. The lowest BCUT2D eigenvalue weighted by Crippen LogP contribution is -2.56. The summed E-state index contributed by atoms with van der Waals surface area (Å²) in [5.41, 5.74) is 0. The molecule has 16 heavy (non-hydrogen) atoms. The van der Waals surface area contributed by atoms with Gasteiger partial charge in [-0.1, -0.05) is 0 Å². The normalized spacial score (nSPS) is 16.9. The van der Waals surface area contributed by atoms with Crippen molar-refractivity contribution in [2.24, 2.45) is 0 Å². The van der Waals surface area contributed by atoms with E-state index in [2.05, 4.69) is 4.74 Å². The van der Waals surface area contributed by atoms with E-state index >= 15 is 0 Å². The first-order chi connectivity index (χ1) is 6.91. The van der Waals surface area contributed by atoms with E-state index < -0.39 is 29.9 Å². The molecule has 0 aliphatic carbocycles. The van der Waals surface area contributed by atoms with Crippen molar-refractivity contribution in [3.63, 3.8) is 0 Å². The summed E-state index contributed by atoms with van der Waals surface area (Å²) in [6.07, 6.45) is -10.3. The van der Waals surface area contributed by atoms with Crippen LogP contribution < -0.4 is 0 Å². The van der Waals surface area contributed by atoms with Gasteiger partial charge in [0.25, 0.3) is 0 Å². The first-order valence-electron chi connectivity index (χ1n) is 3.31. The summed E-state index contributed by atoms with van der Waals surface area (Å²) in [6, 6.07) is 0. The molecular formula is C6H3F9O. The highest BCUT2D eigenvalue weighted by molar-refractivity contribution is 5.13. The second-order valence-electron chi connectivity index (χ2n) is 2.45. The average Bonchev–Trinajstić information content (AvgIpc) is 2.13. The van der Waals surface area contributed by atoms with Crippen LogP contribution in [0.15, 0.2) is 11.9 Å². The Labute approximate surface area is 82.5 Å². The summed E-state index contributed by atoms with van der Waals surface area (Å²) < 4.78 is 111. The molecule has 0 rings (SSSR count). The molecule has 0 spiro atoms. The summed E-state index contributed by atoms with van der Waals surface area (Å²) >= 11 is 0. The molecule has 10 heteroatoms. The Hall–Kier alpha value is -0.930. The molecule has 0 saturated carbocycles. The summed E-state index contributed by atoms with van der Waals surface area (Å²) in [7, 11) is -0.109. The van der Waals surface area contributed by atoms with Crippen molar-refractivity contribution in [3.05, 3.63) is 11.9 Å². The van der Waals surface area contributed by atoms with Gasteiger partial charge in [-0.3, -0.25) is 0 Å². The highest BCUT2D eigenvalue weighted by Gasteiger charge is 2.75. The zero-order chi connectivity index (χ0) is 13.4.